The highest BCUT2D eigenvalue weighted by atomic mass is 32.1. The maximum absolute atomic E-state index is 10.7. The molecule has 0 atom stereocenters. The second-order valence-electron chi connectivity index (χ2n) is 6.54. The molecule has 138 valence electrons. The number of hydrogen-bond acceptors (Lipinski definition) is 6. The van der Waals surface area contributed by atoms with E-state index in [-0.39, 0.29) is 5.75 Å². The number of nitrogen functional groups attached to an aromatic ring is 1. The summed E-state index contributed by atoms with van der Waals surface area (Å²) in [6, 6.07) is 3.73. The van der Waals surface area contributed by atoms with Gasteiger partial charge in [-0.3, -0.25) is 4.79 Å². The largest absolute Gasteiger partial charge is 0.506 e. The Morgan fingerprint density at radius 1 is 1.27 bits per heavy atom. The summed E-state index contributed by atoms with van der Waals surface area (Å²) < 4.78 is 2.56. The van der Waals surface area contributed by atoms with Gasteiger partial charge in [0.15, 0.2) is 10.8 Å². The molecule has 0 aliphatic carbocycles. The number of carbonyl (C=O) groups is 1. The molecular weight excluding hydrogens is 350 g/mol. The van der Waals surface area contributed by atoms with E-state index in [0.29, 0.717) is 22.4 Å². The summed E-state index contributed by atoms with van der Waals surface area (Å²) in [6.45, 7) is 4.85. The fourth-order valence-corrected chi connectivity index (χ4v) is 3.72. The van der Waals surface area contributed by atoms with Crippen LogP contribution in [0.15, 0.2) is 18.3 Å². The lowest BCUT2D eigenvalue weighted by atomic mass is 10.1. The molecule has 0 bridgehead atoms. The topological polar surface area (TPSA) is 97.3 Å². The Bertz CT molecular complexity index is 892. The van der Waals surface area contributed by atoms with Crippen LogP contribution in [0.1, 0.15) is 30.4 Å². The van der Waals surface area contributed by atoms with E-state index in [1.54, 1.807) is 15.6 Å². The minimum atomic E-state index is 0.218. The number of phenols is 1. The number of nitrogens with zero attached hydrogens (tertiary/aromatic N) is 4. The molecule has 0 saturated carbocycles. The average molecular weight is 373 g/mol. The van der Waals surface area contributed by atoms with Gasteiger partial charge in [-0.15, -0.1) is 5.10 Å². The Hall–Kier alpha value is -2.61. The summed E-state index contributed by atoms with van der Waals surface area (Å²) in [5.74, 6) is 0.520. The van der Waals surface area contributed by atoms with Crippen molar-refractivity contribution in [2.75, 3.05) is 19.3 Å². The number of aromatic hydroxyl groups is 1. The van der Waals surface area contributed by atoms with Crippen LogP contribution in [0.3, 0.4) is 0 Å². The molecule has 2 aromatic heterocycles. The molecule has 1 aliphatic rings. The number of aromatic nitrogens is 3. The summed E-state index contributed by atoms with van der Waals surface area (Å²) >= 11 is 1.38. The number of thiazole rings is 1. The van der Waals surface area contributed by atoms with Crippen LogP contribution in [-0.4, -0.2) is 44.3 Å². The van der Waals surface area contributed by atoms with Crippen molar-refractivity contribution in [3.8, 4) is 11.4 Å². The predicted octanol–water partition coefficient (Wildman–Crippen LogP) is 3.02. The molecule has 0 spiro atoms. The molecule has 0 radical (unpaired) electrons. The van der Waals surface area contributed by atoms with Gasteiger partial charge in [0.25, 0.3) is 0 Å². The van der Waals surface area contributed by atoms with Crippen LogP contribution in [0.5, 0.6) is 5.75 Å². The van der Waals surface area contributed by atoms with Gasteiger partial charge in [0, 0.05) is 20.0 Å². The third-order valence-electron chi connectivity index (χ3n) is 4.31. The number of anilines is 1. The van der Waals surface area contributed by atoms with Crippen molar-refractivity contribution in [2.24, 2.45) is 0 Å². The highest BCUT2D eigenvalue weighted by Gasteiger charge is 2.13. The molecular formula is C18H23N5O2S. The number of hydrogen-bond donors (Lipinski definition) is 2. The van der Waals surface area contributed by atoms with Crippen molar-refractivity contribution in [3.63, 3.8) is 0 Å². The first-order valence-electron chi connectivity index (χ1n) is 8.51. The van der Waals surface area contributed by atoms with Crippen LogP contribution >= 0.6 is 11.3 Å². The SMILES string of the molecule is CN1CCCCC1=O.Cc1cc(C)c(-n2cc3sc(N)nc3n2)c(O)c1. The second kappa shape index (κ2) is 7.33. The number of fused-ring (bicyclic) bond motifs is 1. The summed E-state index contributed by atoms with van der Waals surface area (Å²) in [5.41, 5.74) is 8.89. The molecule has 0 unspecified atom stereocenters. The highest BCUT2D eigenvalue weighted by Crippen LogP contribution is 2.30. The molecule has 4 rings (SSSR count). The maximum atomic E-state index is 10.7. The molecule has 26 heavy (non-hydrogen) atoms. The lowest BCUT2D eigenvalue weighted by Gasteiger charge is -2.21. The standard InChI is InChI=1S/C12H12N4OS.C6H11NO/c1-6-3-7(2)10(8(17)4-6)16-5-9-11(15-16)14-12(13)18-9;1-7-5-3-2-4-6(7)8/h3-5,17H,1-2H3,(H2,13,14,15);2-5H2,1H3. The number of benzene rings is 1. The molecule has 3 N–H and O–H groups in total. The minimum Gasteiger partial charge on any atom is -0.506 e. The molecule has 3 aromatic rings. The number of phenolic OH excluding ortho intramolecular Hbond substituents is 1. The third-order valence-corrected chi connectivity index (χ3v) is 5.12. The number of likely N-dealkylation sites (tertiary alicyclic amines) is 1. The quantitative estimate of drug-likeness (QED) is 0.683. The first kappa shape index (κ1) is 18.2. The molecule has 1 saturated heterocycles. The first-order chi connectivity index (χ1) is 12.3. The number of nitrogens with two attached hydrogens (primary N) is 1. The van der Waals surface area contributed by atoms with Gasteiger partial charge in [-0.2, -0.15) is 4.98 Å². The van der Waals surface area contributed by atoms with E-state index in [1.807, 2.05) is 33.2 Å². The lowest BCUT2D eigenvalue weighted by molar-refractivity contribution is -0.131. The smallest absolute Gasteiger partial charge is 0.222 e. The van der Waals surface area contributed by atoms with E-state index in [9.17, 15) is 9.90 Å². The Balaban J connectivity index is 0.000000206. The van der Waals surface area contributed by atoms with Crippen molar-refractivity contribution >= 4 is 32.7 Å². The highest BCUT2D eigenvalue weighted by molar-refractivity contribution is 7.21. The Kier molecular flexibility index (Phi) is 5.13. The Morgan fingerprint density at radius 2 is 2.04 bits per heavy atom. The van der Waals surface area contributed by atoms with Crippen LogP contribution in [0.25, 0.3) is 16.0 Å². The number of aryl methyl sites for hydroxylation is 2. The number of amides is 1. The van der Waals surface area contributed by atoms with Crippen molar-refractivity contribution in [1.29, 1.82) is 0 Å². The monoisotopic (exact) mass is 373 g/mol. The molecule has 3 heterocycles. The van der Waals surface area contributed by atoms with E-state index in [0.717, 1.165) is 35.2 Å². The summed E-state index contributed by atoms with van der Waals surface area (Å²) in [4.78, 5) is 16.6. The number of rotatable bonds is 1. The van der Waals surface area contributed by atoms with E-state index in [4.69, 9.17) is 5.73 Å². The van der Waals surface area contributed by atoms with E-state index in [2.05, 4.69) is 10.1 Å². The fourth-order valence-electron chi connectivity index (χ4n) is 3.03. The first-order valence-corrected chi connectivity index (χ1v) is 9.33. The molecule has 1 aromatic carbocycles. The van der Waals surface area contributed by atoms with Crippen molar-refractivity contribution in [2.45, 2.75) is 33.1 Å². The van der Waals surface area contributed by atoms with Gasteiger partial charge in [-0.05, 0) is 43.9 Å². The van der Waals surface area contributed by atoms with E-state index >= 15 is 0 Å². The molecule has 1 amide bonds. The molecule has 7 nitrogen and oxygen atoms in total. The van der Waals surface area contributed by atoms with Gasteiger partial charge in [-0.1, -0.05) is 17.4 Å². The van der Waals surface area contributed by atoms with Crippen molar-refractivity contribution in [1.82, 2.24) is 19.7 Å². The Morgan fingerprint density at radius 3 is 2.62 bits per heavy atom. The fraction of sp³-hybridized carbons (Fsp3) is 0.389. The van der Waals surface area contributed by atoms with Crippen LogP contribution < -0.4 is 5.73 Å². The summed E-state index contributed by atoms with van der Waals surface area (Å²) in [6.07, 6.45) is 4.86. The minimum absolute atomic E-state index is 0.218. The summed E-state index contributed by atoms with van der Waals surface area (Å²) in [5, 5.41) is 14.9. The van der Waals surface area contributed by atoms with Gasteiger partial charge in [0.1, 0.15) is 11.4 Å². The second-order valence-corrected chi connectivity index (χ2v) is 7.60. The molecule has 1 fully saturated rings. The zero-order valence-electron chi connectivity index (χ0n) is 15.2. The zero-order valence-corrected chi connectivity index (χ0v) is 16.0. The van der Waals surface area contributed by atoms with Gasteiger partial charge >= 0.3 is 0 Å². The zero-order chi connectivity index (χ0) is 18.8. The number of carbonyl (C=O) groups excluding carboxylic acids is 1. The van der Waals surface area contributed by atoms with E-state index in [1.165, 1.54) is 17.8 Å². The molecule has 8 heteroatoms. The van der Waals surface area contributed by atoms with Crippen molar-refractivity contribution in [3.05, 3.63) is 29.5 Å². The van der Waals surface area contributed by atoms with Crippen LogP contribution in [0.4, 0.5) is 5.13 Å². The van der Waals surface area contributed by atoms with Gasteiger partial charge < -0.3 is 15.7 Å². The van der Waals surface area contributed by atoms with Gasteiger partial charge in [0.05, 0.1) is 10.9 Å². The summed E-state index contributed by atoms with van der Waals surface area (Å²) in [7, 11) is 1.86. The third kappa shape index (κ3) is 3.80. The van der Waals surface area contributed by atoms with Crippen molar-refractivity contribution < 1.29 is 9.90 Å². The maximum Gasteiger partial charge on any atom is 0.222 e. The van der Waals surface area contributed by atoms with Crippen LogP contribution in [-0.2, 0) is 4.79 Å². The normalized spacial score (nSPS) is 14.4. The number of piperidine rings is 1. The van der Waals surface area contributed by atoms with Gasteiger partial charge in [0.2, 0.25) is 5.91 Å². The van der Waals surface area contributed by atoms with Crippen LogP contribution in [0, 0.1) is 13.8 Å². The predicted molar refractivity (Wildman–Crippen MR) is 104 cm³/mol. The Labute approximate surface area is 156 Å². The van der Waals surface area contributed by atoms with Gasteiger partial charge in [-0.25, -0.2) is 4.68 Å². The van der Waals surface area contributed by atoms with Crippen LogP contribution in [0.2, 0.25) is 0 Å². The molecule has 1 aliphatic heterocycles. The lowest BCUT2D eigenvalue weighted by Crippen LogP contribution is -2.31. The average Bonchev–Trinajstić information content (AvgIpc) is 3.07. The van der Waals surface area contributed by atoms with E-state index < -0.39 is 0 Å².